The van der Waals surface area contributed by atoms with E-state index in [1.165, 1.54) is 6.07 Å². The Bertz CT molecular complexity index is 467. The monoisotopic (exact) mass is 293 g/mol. The van der Waals surface area contributed by atoms with Crippen LogP contribution in [0.4, 0.5) is 30.5 Å². The number of hydrogen-bond donors (Lipinski definition) is 3. The number of nitro groups is 1. The SMILES string of the molecule is NNc1cc([N+](=O)[O-])cc(NCCCCC(F)(F)F)n1. The predicted molar refractivity (Wildman–Crippen MR) is 67.1 cm³/mol. The summed E-state index contributed by atoms with van der Waals surface area (Å²) in [4.78, 5) is 14.0. The van der Waals surface area contributed by atoms with E-state index in [-0.39, 0.29) is 36.7 Å². The number of pyridine rings is 1. The molecule has 0 aromatic carbocycles. The molecule has 1 aromatic heterocycles. The molecule has 4 N–H and O–H groups in total. The van der Waals surface area contributed by atoms with Gasteiger partial charge in [-0.15, -0.1) is 0 Å². The van der Waals surface area contributed by atoms with Crippen LogP contribution >= 0.6 is 0 Å². The Morgan fingerprint density at radius 1 is 1.30 bits per heavy atom. The van der Waals surface area contributed by atoms with E-state index in [4.69, 9.17) is 5.84 Å². The van der Waals surface area contributed by atoms with Crippen molar-refractivity contribution in [2.45, 2.75) is 25.4 Å². The Morgan fingerprint density at radius 2 is 1.95 bits per heavy atom. The summed E-state index contributed by atoms with van der Waals surface area (Å²) < 4.78 is 35.7. The number of halogens is 3. The molecule has 0 spiro atoms. The highest BCUT2D eigenvalue weighted by Gasteiger charge is 2.25. The van der Waals surface area contributed by atoms with Crippen molar-refractivity contribution in [3.63, 3.8) is 0 Å². The number of nitrogens with one attached hydrogen (secondary N) is 2. The number of unbranched alkanes of at least 4 members (excludes halogenated alkanes) is 1. The van der Waals surface area contributed by atoms with Crippen molar-refractivity contribution in [2.24, 2.45) is 5.84 Å². The number of rotatable bonds is 7. The van der Waals surface area contributed by atoms with Crippen LogP contribution < -0.4 is 16.6 Å². The lowest BCUT2D eigenvalue weighted by atomic mass is 10.2. The maximum Gasteiger partial charge on any atom is 0.389 e. The second-order valence-electron chi connectivity index (χ2n) is 4.00. The first-order chi connectivity index (χ1) is 9.31. The first-order valence-corrected chi connectivity index (χ1v) is 5.75. The van der Waals surface area contributed by atoms with Gasteiger partial charge in [-0.1, -0.05) is 0 Å². The van der Waals surface area contributed by atoms with Gasteiger partial charge < -0.3 is 10.7 Å². The van der Waals surface area contributed by atoms with E-state index in [0.717, 1.165) is 6.07 Å². The van der Waals surface area contributed by atoms with E-state index < -0.39 is 17.5 Å². The van der Waals surface area contributed by atoms with Crippen molar-refractivity contribution < 1.29 is 18.1 Å². The van der Waals surface area contributed by atoms with E-state index >= 15 is 0 Å². The minimum Gasteiger partial charge on any atom is -0.370 e. The number of nitrogens with zero attached hydrogens (tertiary/aromatic N) is 2. The quantitative estimate of drug-likeness (QED) is 0.308. The van der Waals surface area contributed by atoms with Crippen molar-refractivity contribution in [1.29, 1.82) is 0 Å². The van der Waals surface area contributed by atoms with Gasteiger partial charge in [0.2, 0.25) is 0 Å². The molecule has 0 aliphatic carbocycles. The Labute approximate surface area is 112 Å². The maximum atomic E-state index is 11.9. The lowest BCUT2D eigenvalue weighted by Gasteiger charge is -2.08. The molecule has 0 saturated carbocycles. The zero-order valence-corrected chi connectivity index (χ0v) is 10.4. The predicted octanol–water partition coefficient (Wildman–Crippen LogP) is 2.42. The Hall–Kier alpha value is -2.10. The molecular weight excluding hydrogens is 279 g/mol. The third kappa shape index (κ3) is 5.69. The summed E-state index contributed by atoms with van der Waals surface area (Å²) >= 11 is 0. The first-order valence-electron chi connectivity index (χ1n) is 5.75. The Balaban J connectivity index is 2.51. The van der Waals surface area contributed by atoms with Crippen molar-refractivity contribution in [3.05, 3.63) is 22.2 Å². The van der Waals surface area contributed by atoms with Crippen molar-refractivity contribution >= 4 is 17.3 Å². The van der Waals surface area contributed by atoms with Crippen LogP contribution in [0.5, 0.6) is 0 Å². The minimum atomic E-state index is -4.17. The topological polar surface area (TPSA) is 106 Å². The molecule has 1 rings (SSSR count). The van der Waals surface area contributed by atoms with Gasteiger partial charge in [0.25, 0.3) is 5.69 Å². The normalized spacial score (nSPS) is 11.2. The molecule has 7 nitrogen and oxygen atoms in total. The molecular formula is C10H14F3N5O2. The fourth-order valence-corrected chi connectivity index (χ4v) is 1.45. The molecule has 1 heterocycles. The van der Waals surface area contributed by atoms with Gasteiger partial charge in [-0.3, -0.25) is 10.1 Å². The summed E-state index contributed by atoms with van der Waals surface area (Å²) in [5.41, 5.74) is 1.96. The first kappa shape index (κ1) is 16.0. The maximum absolute atomic E-state index is 11.9. The Morgan fingerprint density at radius 3 is 2.50 bits per heavy atom. The summed E-state index contributed by atoms with van der Waals surface area (Å²) in [6.07, 6.45) is -4.77. The molecule has 0 fully saturated rings. The van der Waals surface area contributed by atoms with Crippen molar-refractivity contribution in [1.82, 2.24) is 4.98 Å². The molecule has 0 atom stereocenters. The second-order valence-corrected chi connectivity index (χ2v) is 4.00. The molecule has 10 heteroatoms. The molecule has 0 radical (unpaired) electrons. The number of anilines is 2. The lowest BCUT2D eigenvalue weighted by Crippen LogP contribution is -2.12. The fraction of sp³-hybridized carbons (Fsp3) is 0.500. The van der Waals surface area contributed by atoms with Crippen LogP contribution in [0.15, 0.2) is 12.1 Å². The zero-order chi connectivity index (χ0) is 15.2. The van der Waals surface area contributed by atoms with Crippen LogP contribution in [-0.4, -0.2) is 22.6 Å². The molecule has 0 aliphatic heterocycles. The molecule has 1 aromatic rings. The van der Waals surface area contributed by atoms with Crippen molar-refractivity contribution in [2.75, 3.05) is 17.3 Å². The molecule has 0 aliphatic rings. The summed E-state index contributed by atoms with van der Waals surface area (Å²) in [6, 6.07) is 2.33. The van der Waals surface area contributed by atoms with Gasteiger partial charge in [0.1, 0.15) is 11.6 Å². The molecule has 20 heavy (non-hydrogen) atoms. The van der Waals surface area contributed by atoms with Crippen LogP contribution in [-0.2, 0) is 0 Å². The smallest absolute Gasteiger partial charge is 0.370 e. The van der Waals surface area contributed by atoms with E-state index in [9.17, 15) is 23.3 Å². The van der Waals surface area contributed by atoms with E-state index in [1.807, 2.05) is 0 Å². The van der Waals surface area contributed by atoms with Crippen LogP contribution in [0, 0.1) is 10.1 Å². The zero-order valence-electron chi connectivity index (χ0n) is 10.4. The third-order valence-corrected chi connectivity index (χ3v) is 2.36. The van der Waals surface area contributed by atoms with Crippen molar-refractivity contribution in [3.8, 4) is 0 Å². The van der Waals surface area contributed by atoms with Gasteiger partial charge in [-0.05, 0) is 12.8 Å². The van der Waals surface area contributed by atoms with E-state index in [0.29, 0.717) is 0 Å². The average molecular weight is 293 g/mol. The highest BCUT2D eigenvalue weighted by Crippen LogP contribution is 2.23. The van der Waals surface area contributed by atoms with Gasteiger partial charge in [0.05, 0.1) is 17.1 Å². The summed E-state index contributed by atoms with van der Waals surface area (Å²) in [5, 5.41) is 13.4. The van der Waals surface area contributed by atoms with Gasteiger partial charge in [-0.25, -0.2) is 10.8 Å². The van der Waals surface area contributed by atoms with E-state index in [1.54, 1.807) is 0 Å². The van der Waals surface area contributed by atoms with Gasteiger partial charge in [0.15, 0.2) is 0 Å². The van der Waals surface area contributed by atoms with E-state index in [2.05, 4.69) is 15.7 Å². The third-order valence-electron chi connectivity index (χ3n) is 2.36. The highest BCUT2D eigenvalue weighted by molar-refractivity contribution is 5.54. The number of hydrogen-bond acceptors (Lipinski definition) is 6. The lowest BCUT2D eigenvalue weighted by molar-refractivity contribution is -0.384. The molecule has 0 unspecified atom stereocenters. The molecule has 112 valence electrons. The highest BCUT2D eigenvalue weighted by atomic mass is 19.4. The van der Waals surface area contributed by atoms with Crippen LogP contribution in [0.25, 0.3) is 0 Å². The number of hydrazine groups is 1. The average Bonchev–Trinajstić information content (AvgIpc) is 2.36. The van der Waals surface area contributed by atoms with Gasteiger partial charge >= 0.3 is 6.18 Å². The largest absolute Gasteiger partial charge is 0.389 e. The van der Waals surface area contributed by atoms with Gasteiger partial charge in [-0.2, -0.15) is 13.2 Å². The molecule has 0 bridgehead atoms. The number of aromatic nitrogens is 1. The summed E-state index contributed by atoms with van der Waals surface area (Å²) in [5.74, 6) is 5.40. The summed E-state index contributed by atoms with van der Waals surface area (Å²) in [6.45, 7) is 0.230. The minimum absolute atomic E-state index is 0.0204. The number of nitrogen functional groups attached to an aromatic ring is 1. The van der Waals surface area contributed by atoms with Crippen LogP contribution in [0.3, 0.4) is 0 Å². The summed E-state index contributed by atoms with van der Waals surface area (Å²) in [7, 11) is 0. The fourth-order valence-electron chi connectivity index (χ4n) is 1.45. The van der Waals surface area contributed by atoms with Crippen LogP contribution in [0.2, 0.25) is 0 Å². The molecule has 0 saturated heterocycles. The molecule has 0 amide bonds. The standard InChI is InChI=1S/C10H14F3N5O2/c11-10(12,13)3-1-2-4-15-8-5-7(18(19)20)6-9(16-8)17-14/h5-6H,1-4,14H2,(H2,15,16,17). The number of alkyl halides is 3. The van der Waals surface area contributed by atoms with Gasteiger partial charge in [0, 0.05) is 13.0 Å². The van der Waals surface area contributed by atoms with Crippen LogP contribution in [0.1, 0.15) is 19.3 Å². The second kappa shape index (κ2) is 6.89. The Kier molecular flexibility index (Phi) is 5.50. The number of nitrogens with two attached hydrogens (primary N) is 1.